The number of carbonyl (C=O) groups is 1. The van der Waals surface area contributed by atoms with Gasteiger partial charge >= 0.3 is 25.6 Å². The zero-order chi connectivity index (χ0) is 100. The van der Waals surface area contributed by atoms with Crippen molar-refractivity contribution in [1.82, 2.24) is 100 Å². The number of nitrogens with zero attached hydrogens (tertiary/aromatic N) is 16. The van der Waals surface area contributed by atoms with E-state index in [1.165, 1.54) is 50.3 Å². The molecule has 5 N–H and O–H groups in total. The number of aromatic nitrogens is 18. The van der Waals surface area contributed by atoms with Gasteiger partial charge in [0.05, 0.1) is 128 Å². The number of H-pyrrole nitrogens is 4. The molecule has 9 aromatic heterocycles. The Kier molecular flexibility index (Phi) is 36.6. The molecule has 0 unspecified atom stereocenters. The minimum atomic E-state index is -4.49. The minimum Gasteiger partial charge on any atom is -0.494 e. The molecule has 0 radical (unpaired) electrons. The molecule has 20 rings (SSSR count). The highest BCUT2D eigenvalue weighted by atomic mass is 79.9. The molecule has 29 nitrogen and oxygen atoms in total. The average Bonchev–Trinajstić information content (AvgIpc) is 1.34. The minimum absolute atomic E-state index is 0. The van der Waals surface area contributed by atoms with E-state index in [4.69, 9.17) is 59.9 Å². The number of hydrogen-bond donors (Lipinski definition) is 5. The summed E-state index contributed by atoms with van der Waals surface area (Å²) in [4.78, 5) is 30.6. The van der Waals surface area contributed by atoms with Gasteiger partial charge < -0.3 is 48.1 Å². The molecule has 144 heavy (non-hydrogen) atoms. The van der Waals surface area contributed by atoms with E-state index in [-0.39, 0.29) is 63.2 Å². The number of benzene rings is 7. The number of alkyl halides is 6. The van der Waals surface area contributed by atoms with Crippen LogP contribution in [0.3, 0.4) is 0 Å². The molecule has 0 bridgehead atoms. The first-order chi connectivity index (χ1) is 67.0. The van der Waals surface area contributed by atoms with Gasteiger partial charge in [0.2, 0.25) is 11.2 Å². The third-order valence-electron chi connectivity index (χ3n) is 25.5. The highest BCUT2D eigenvalue weighted by molar-refractivity contribution is 9.11. The Morgan fingerprint density at radius 2 is 0.847 bits per heavy atom. The fourth-order valence-electron chi connectivity index (χ4n) is 17.5. The maximum absolute atomic E-state index is 13.1. The van der Waals surface area contributed by atoms with Gasteiger partial charge in [0.25, 0.3) is 0 Å². The number of nitrogens with one attached hydrogen (secondary N) is 5. The highest BCUT2D eigenvalue weighted by Gasteiger charge is 2.52. The number of carbonyl (C=O) groups excluding carboxylic acids is 1. The molecule has 4 aliphatic rings. The molecule has 0 spiro atoms. The quantitative estimate of drug-likeness (QED) is 0.0321. The molecule has 7 aromatic carbocycles. The highest BCUT2D eigenvalue weighted by Crippen LogP contribution is 2.45. The molecule has 1 fully saturated rings. The molecular weight excluding hydrogens is 2030 g/mol. The molecule has 766 valence electrons. The van der Waals surface area contributed by atoms with Crippen LogP contribution in [-0.4, -0.2) is 173 Å². The van der Waals surface area contributed by atoms with Crippen molar-refractivity contribution in [2.24, 2.45) is 0 Å². The first kappa shape index (κ1) is 112. The number of aromatic amines is 4. The third kappa shape index (κ3) is 23.4. The van der Waals surface area contributed by atoms with E-state index in [2.05, 4.69) is 205 Å². The van der Waals surface area contributed by atoms with Crippen LogP contribution in [0.2, 0.25) is 5.28 Å². The Balaban J connectivity index is 0.000000172. The van der Waals surface area contributed by atoms with Gasteiger partial charge in [0.15, 0.2) is 0 Å². The summed E-state index contributed by atoms with van der Waals surface area (Å²) in [6.07, 6.45) is 8.77. The number of methoxy groups -OCH3 is 4. The van der Waals surface area contributed by atoms with Gasteiger partial charge in [-0.1, -0.05) is 140 Å². The Bertz CT molecular complexity index is 7040. The number of hydrogen-bond acceptors (Lipinski definition) is 21. The number of amides is 1. The predicted octanol–water partition coefficient (Wildman–Crippen LogP) is 23.9. The second-order valence-electron chi connectivity index (χ2n) is 35.6. The van der Waals surface area contributed by atoms with Crippen LogP contribution in [-0.2, 0) is 104 Å². The number of aryl methyl sites for hydroxylation is 6. The summed E-state index contributed by atoms with van der Waals surface area (Å²) >= 11 is 12.4. The number of para-hydroxylation sites is 3. The number of fused-ring (bicyclic) bond motifs is 7. The van der Waals surface area contributed by atoms with Crippen molar-refractivity contribution in [2.45, 2.75) is 219 Å². The van der Waals surface area contributed by atoms with Crippen molar-refractivity contribution in [3.8, 4) is 62.6 Å². The van der Waals surface area contributed by atoms with E-state index in [1.54, 1.807) is 51.9 Å². The van der Waals surface area contributed by atoms with Crippen LogP contribution < -0.4 is 34.6 Å². The molecule has 16 aromatic rings. The fraction of sp³-hybridized carbons (Fsp3) is 0.385. The van der Waals surface area contributed by atoms with Crippen LogP contribution in [0.1, 0.15) is 191 Å². The van der Waals surface area contributed by atoms with Crippen molar-refractivity contribution in [2.75, 3.05) is 53.0 Å². The van der Waals surface area contributed by atoms with Crippen molar-refractivity contribution in [3.05, 3.63) is 245 Å². The van der Waals surface area contributed by atoms with Gasteiger partial charge in [-0.2, -0.15) is 62.0 Å². The van der Waals surface area contributed by atoms with Crippen LogP contribution in [0.5, 0.6) is 23.0 Å². The second kappa shape index (κ2) is 47.2. The van der Waals surface area contributed by atoms with Crippen LogP contribution in [0.4, 0.5) is 37.1 Å². The monoisotopic (exact) mass is 2150 g/mol. The van der Waals surface area contributed by atoms with Crippen molar-refractivity contribution >= 4 is 124 Å². The molecule has 1 saturated heterocycles. The second-order valence-corrected chi connectivity index (χ2v) is 37.6. The standard InChI is InChI=1S/C29H28F3N7O.C24H27N5O.C21H28BrN3O2.C14H19BN2O3.C8H7BrN2O.C5H2ClF3N2.3CH4.ClH/c1-4-17-7-6-8-18(5-2)26(17)39-27(20-9-10-24(40-3)25-21(20)15-35-36-25)22-16-38(12-11-23(22)37-39)28-33-13-19(14-34-28)29(30,31)32;1-4-15-7-6-8-16(5-2)23(15)29-24(19-13-25-12-11-20(19)28-29)17-9-10-21(30-3)22-18(17)14-26-27-22;1-6-14-9-8-10-15(7-2)18(14)25-19(22)16-13-24(12-11-17(16)23-25)20(26)27-21(3,4)5;1-13(2)14(3,4)20-15(19-13)10-6-7-11(18-5)12-9(10)8-16-17-12;1-12-7-3-2-6(9)5-4-10-11-8(5)7;6-4-10-1-3(2-11-4)5(7,8)9;;;;/h6-10,13-15H,4-5,11-12,16H2,1-3H3,(H,35,36);6-10,14,25H,4-5,11-13H2,1-3H3,(H,26,27);8-10H,6-7,11-13H2,1-5H3;6-8H,1-5H3,(H,16,17);2-4H,1H3,(H,10,11);1-2H;3*1H4;1H. The zero-order valence-electron chi connectivity index (χ0n) is 81.3. The van der Waals surface area contributed by atoms with Crippen LogP contribution in [0, 0.1) is 0 Å². The number of anilines is 1. The molecular formula is C104H124BBr2Cl2F6N21O8. The lowest BCUT2D eigenvalue weighted by Crippen LogP contribution is -2.41. The van der Waals surface area contributed by atoms with Crippen molar-refractivity contribution in [1.29, 1.82) is 0 Å². The topological polar surface area (TPSA) is 320 Å². The van der Waals surface area contributed by atoms with E-state index in [1.807, 2.05) is 111 Å². The van der Waals surface area contributed by atoms with Gasteiger partial charge in [-0.3, -0.25) is 20.4 Å². The summed E-state index contributed by atoms with van der Waals surface area (Å²) in [5.41, 5.74) is 23.1. The van der Waals surface area contributed by atoms with Crippen LogP contribution in [0.25, 0.3) is 83.2 Å². The summed E-state index contributed by atoms with van der Waals surface area (Å²) in [5, 5.41) is 51.1. The SMILES string of the molecule is C.C.C.CCc1cccc(CC)c1-n1nc2c(c1-c1ccc(OC)c3[nH]ncc13)CN(c1ncc(C(F)(F)F)cn1)CC2.CCc1cccc(CC)c1-n1nc2c(c1-c1ccc(OC)c3[nH]ncc13)CNCC2.CCc1cccc(CC)c1-n1nc2c(c1Br)CN(C(=O)OC(C)(C)C)CC2.COc1ccc(B2OC(C)(C)C(C)(C)O2)c2cn[nH]c12.COc1ccc(Br)c2cn[nH]c12.Cl.FC(F)(F)c1cnc(Cl)nc1. The Hall–Kier alpha value is -12.5. The third-order valence-corrected chi connectivity index (χ3v) is 27.2. The maximum Gasteiger partial charge on any atom is 0.495 e. The molecule has 0 atom stereocenters. The van der Waals surface area contributed by atoms with Gasteiger partial charge in [-0.15, -0.1) is 12.4 Å². The van der Waals surface area contributed by atoms with E-state index in [0.717, 1.165) is 209 Å². The first-order valence-electron chi connectivity index (χ1n) is 46.2. The first-order valence-corrected chi connectivity index (χ1v) is 48.2. The molecule has 1 amide bonds. The van der Waals surface area contributed by atoms with Gasteiger partial charge in [0.1, 0.15) is 55.3 Å². The number of ether oxygens (including phenoxy) is 5. The van der Waals surface area contributed by atoms with E-state index >= 15 is 0 Å². The molecule has 0 aliphatic carbocycles. The van der Waals surface area contributed by atoms with Gasteiger partial charge in [0, 0.05) is 131 Å². The van der Waals surface area contributed by atoms with Crippen LogP contribution in [0.15, 0.2) is 162 Å². The summed E-state index contributed by atoms with van der Waals surface area (Å²) in [7, 11) is 6.20. The Morgan fingerprint density at radius 3 is 1.28 bits per heavy atom. The maximum atomic E-state index is 13.1. The molecule has 0 saturated carbocycles. The van der Waals surface area contributed by atoms with E-state index in [9.17, 15) is 31.1 Å². The lowest BCUT2D eigenvalue weighted by molar-refractivity contribution is -0.138. The summed E-state index contributed by atoms with van der Waals surface area (Å²) in [6.45, 7) is 30.7. The average molecular weight is 2150 g/mol. The largest absolute Gasteiger partial charge is 0.495 e. The summed E-state index contributed by atoms with van der Waals surface area (Å²) in [5.74, 6) is 3.30. The Labute approximate surface area is 862 Å². The lowest BCUT2D eigenvalue weighted by Gasteiger charge is -2.32. The zero-order valence-corrected chi connectivity index (χ0v) is 86.1. The van der Waals surface area contributed by atoms with Crippen molar-refractivity contribution < 1.29 is 64.1 Å². The van der Waals surface area contributed by atoms with Gasteiger partial charge in [-0.25, -0.2) is 38.8 Å². The number of halogens is 10. The predicted molar refractivity (Wildman–Crippen MR) is 564 cm³/mol. The normalized spacial score (nSPS) is 13.9. The Morgan fingerprint density at radius 1 is 0.472 bits per heavy atom. The number of rotatable bonds is 17. The molecule has 4 aliphatic heterocycles. The van der Waals surface area contributed by atoms with E-state index < -0.39 is 36.2 Å². The lowest BCUT2D eigenvalue weighted by atomic mass is 9.77. The van der Waals surface area contributed by atoms with Gasteiger partial charge in [-0.05, 0) is 196 Å². The smallest absolute Gasteiger partial charge is 0.494 e. The summed E-state index contributed by atoms with van der Waals surface area (Å²) in [6, 6.07) is 35.2. The van der Waals surface area contributed by atoms with E-state index in [0.29, 0.717) is 50.7 Å². The summed E-state index contributed by atoms with van der Waals surface area (Å²) < 4.78 is 122. The van der Waals surface area contributed by atoms with Crippen molar-refractivity contribution in [3.63, 3.8) is 0 Å². The molecule has 40 heteroatoms. The molecule has 13 heterocycles. The van der Waals surface area contributed by atoms with Crippen LogP contribution >= 0.6 is 55.9 Å². The fourth-order valence-corrected chi connectivity index (χ4v) is 18.7.